The Morgan fingerprint density at radius 2 is 2.00 bits per heavy atom. The molecule has 0 aliphatic carbocycles. The number of fused-ring (bicyclic) bond motifs is 3. The summed E-state index contributed by atoms with van der Waals surface area (Å²) in [5.41, 5.74) is -0.190. The van der Waals surface area contributed by atoms with Crippen LogP contribution in [0.5, 0.6) is 0 Å². The zero-order valence-electron chi connectivity index (χ0n) is 20.4. The summed E-state index contributed by atoms with van der Waals surface area (Å²) in [6.07, 6.45) is -4.05. The average Bonchev–Trinajstić information content (AvgIpc) is 3.39. The van der Waals surface area contributed by atoms with Gasteiger partial charge in [0.15, 0.2) is 0 Å². The molecular weight excluding hydrogens is 483 g/mol. The van der Waals surface area contributed by atoms with Crippen LogP contribution in [0.3, 0.4) is 0 Å². The second-order valence-corrected chi connectivity index (χ2v) is 10.3. The molecule has 200 valence electrons. The normalized spacial score (nSPS) is 34.6. The van der Waals surface area contributed by atoms with Crippen molar-refractivity contribution in [3.63, 3.8) is 0 Å². The Kier molecular flexibility index (Phi) is 8.07. The van der Waals surface area contributed by atoms with Crippen molar-refractivity contribution in [3.05, 3.63) is 11.8 Å². The van der Waals surface area contributed by atoms with Gasteiger partial charge < -0.3 is 30.7 Å². The molecule has 3 amide bonds. The third kappa shape index (κ3) is 6.03. The number of aliphatic hydroxyl groups is 1. The first kappa shape index (κ1) is 27.6. The lowest BCUT2D eigenvalue weighted by atomic mass is 9.79. The van der Waals surface area contributed by atoms with Crippen LogP contribution in [0.2, 0.25) is 0 Å². The number of hydrogen-bond acceptors (Lipinski definition) is 7. The number of hydrogen-bond donors (Lipinski definition) is 4. The fraction of sp³-hybridized carbons (Fsp3) is 0.739. The third-order valence-corrected chi connectivity index (χ3v) is 7.28. The molecule has 0 aromatic heterocycles. The van der Waals surface area contributed by atoms with Crippen molar-refractivity contribution in [1.29, 1.82) is 5.26 Å². The summed E-state index contributed by atoms with van der Waals surface area (Å²) < 4.78 is 45.6. The molecule has 3 aliphatic heterocycles. The number of halogens is 3. The average molecular weight is 516 g/mol. The van der Waals surface area contributed by atoms with E-state index in [1.165, 1.54) is 0 Å². The Morgan fingerprint density at radius 1 is 1.31 bits per heavy atom. The lowest BCUT2D eigenvalue weighted by Crippen LogP contribution is -2.58. The summed E-state index contributed by atoms with van der Waals surface area (Å²) in [6.45, 7) is 2.64. The molecule has 0 aromatic carbocycles. The van der Waals surface area contributed by atoms with Crippen molar-refractivity contribution in [3.8, 4) is 6.07 Å². The number of ether oxygens (including phenoxy) is 1. The first-order valence-corrected chi connectivity index (χ1v) is 11.8. The summed E-state index contributed by atoms with van der Waals surface area (Å²) in [6, 6.07) is -1.91. The number of rotatable bonds is 1. The maximum Gasteiger partial charge on any atom is 0.407 e. The first-order valence-electron chi connectivity index (χ1n) is 11.8. The minimum absolute atomic E-state index is 0.0785. The van der Waals surface area contributed by atoms with E-state index in [-0.39, 0.29) is 6.42 Å². The van der Waals surface area contributed by atoms with E-state index in [1.807, 2.05) is 12.1 Å². The van der Waals surface area contributed by atoms with Crippen LogP contribution in [0.15, 0.2) is 11.8 Å². The number of carbonyl (C=O) groups is 3. The summed E-state index contributed by atoms with van der Waals surface area (Å²) >= 11 is 0. The number of nitrogens with zero attached hydrogens (tertiary/aromatic N) is 2. The predicted octanol–water partition coefficient (Wildman–Crippen LogP) is 1.52. The Hall–Kier alpha value is -3.01. The van der Waals surface area contributed by atoms with Gasteiger partial charge >= 0.3 is 12.3 Å². The van der Waals surface area contributed by atoms with E-state index in [9.17, 15) is 37.9 Å². The van der Waals surface area contributed by atoms with Gasteiger partial charge in [-0.1, -0.05) is 19.9 Å². The van der Waals surface area contributed by atoms with Crippen molar-refractivity contribution < 1.29 is 37.4 Å². The molecule has 2 bridgehead atoms. The molecule has 3 rings (SSSR count). The van der Waals surface area contributed by atoms with E-state index in [4.69, 9.17) is 0 Å². The molecule has 2 fully saturated rings. The maximum atomic E-state index is 13.7. The van der Waals surface area contributed by atoms with Crippen molar-refractivity contribution in [2.45, 2.75) is 76.5 Å². The van der Waals surface area contributed by atoms with E-state index in [0.717, 1.165) is 17.7 Å². The number of nitriles is 1. The fourth-order valence-corrected chi connectivity index (χ4v) is 5.09. The quantitative estimate of drug-likeness (QED) is 0.415. The molecule has 0 aromatic rings. The summed E-state index contributed by atoms with van der Waals surface area (Å²) in [5.74, 6) is -4.05. The van der Waals surface area contributed by atoms with E-state index >= 15 is 0 Å². The molecule has 10 nitrogen and oxygen atoms in total. The van der Waals surface area contributed by atoms with Crippen molar-refractivity contribution in [1.82, 2.24) is 20.9 Å². The van der Waals surface area contributed by atoms with Crippen LogP contribution in [-0.4, -0.2) is 72.1 Å². The number of methoxy groups -OCH3 is 1. The molecule has 2 saturated heterocycles. The van der Waals surface area contributed by atoms with E-state index in [2.05, 4.69) is 20.7 Å². The monoisotopic (exact) mass is 515 g/mol. The Morgan fingerprint density at radius 3 is 2.61 bits per heavy atom. The van der Waals surface area contributed by atoms with Gasteiger partial charge in [0.25, 0.3) is 0 Å². The van der Waals surface area contributed by atoms with Gasteiger partial charge in [-0.3, -0.25) is 9.59 Å². The number of alkyl carbamates (subject to hydrolysis) is 1. The predicted molar refractivity (Wildman–Crippen MR) is 119 cm³/mol. The number of nitrogens with one attached hydrogen (secondary N) is 3. The fourth-order valence-electron chi connectivity index (χ4n) is 5.09. The van der Waals surface area contributed by atoms with Gasteiger partial charge in [-0.05, 0) is 37.5 Å². The van der Waals surface area contributed by atoms with Crippen LogP contribution in [0.1, 0.15) is 46.0 Å². The lowest BCUT2D eigenvalue weighted by Gasteiger charge is -2.37. The molecular formula is C23H32F3N5O5. The second-order valence-electron chi connectivity index (χ2n) is 10.3. The molecule has 0 spiro atoms. The molecule has 36 heavy (non-hydrogen) atoms. The SMILES string of the molecule is COC(=O)N[C@@H]1C(=O)N2C[C@H](C(F)(F)F)C[C@H]2C(=O)N[C@H](C#N)CC2C/C(=C\CCC1(C)C)NC2O. The molecule has 2 unspecified atom stereocenters. The minimum atomic E-state index is -4.65. The molecule has 6 atom stereocenters. The van der Waals surface area contributed by atoms with Crippen molar-refractivity contribution >= 4 is 17.9 Å². The highest BCUT2D eigenvalue weighted by Gasteiger charge is 2.53. The smallest absolute Gasteiger partial charge is 0.407 e. The van der Waals surface area contributed by atoms with Crippen LogP contribution in [0.25, 0.3) is 0 Å². The zero-order chi connectivity index (χ0) is 26.8. The summed E-state index contributed by atoms with van der Waals surface area (Å²) in [5, 5.41) is 27.8. The number of carbonyl (C=O) groups excluding carboxylic acids is 3. The summed E-state index contributed by atoms with van der Waals surface area (Å²) in [4.78, 5) is 39.7. The Labute approximate surface area is 207 Å². The second kappa shape index (κ2) is 10.5. The number of aliphatic hydroxyl groups excluding tert-OH is 1. The summed E-state index contributed by atoms with van der Waals surface area (Å²) in [7, 11) is 1.10. The van der Waals surface area contributed by atoms with Gasteiger partial charge in [0.1, 0.15) is 24.4 Å². The van der Waals surface area contributed by atoms with Crippen LogP contribution < -0.4 is 16.0 Å². The molecule has 0 saturated carbocycles. The van der Waals surface area contributed by atoms with Gasteiger partial charge in [-0.2, -0.15) is 18.4 Å². The zero-order valence-corrected chi connectivity index (χ0v) is 20.4. The maximum absolute atomic E-state index is 13.7. The highest BCUT2D eigenvalue weighted by atomic mass is 19.4. The van der Waals surface area contributed by atoms with Gasteiger partial charge in [-0.25, -0.2) is 4.79 Å². The van der Waals surface area contributed by atoms with Gasteiger partial charge in [0, 0.05) is 18.2 Å². The standard InChI is InChI=1S/C23H32F3N5O5/c1-22(2)6-4-5-14-7-12(18(32)28-14)8-15(10-27)29-19(33)16-9-13(23(24,25)26)11-31(16)20(34)17(22)30-21(35)36-3/h5,12-13,15-18,28,32H,4,6-9,11H2,1-3H3,(H,29,33)(H,30,35)/b14-5+/t12?,13-,15+,16+,17-,18?/m1/s1. The van der Waals surface area contributed by atoms with Crippen molar-refractivity contribution in [2.24, 2.45) is 17.3 Å². The highest BCUT2D eigenvalue weighted by Crippen LogP contribution is 2.39. The topological polar surface area (TPSA) is 144 Å². The molecule has 3 heterocycles. The molecule has 13 heteroatoms. The van der Waals surface area contributed by atoms with Gasteiger partial charge in [0.2, 0.25) is 11.8 Å². The third-order valence-electron chi connectivity index (χ3n) is 7.28. The molecule has 3 aliphatic rings. The van der Waals surface area contributed by atoms with E-state index < -0.39 is 78.7 Å². The number of allylic oxidation sites excluding steroid dienone is 2. The Bertz CT molecular complexity index is 947. The Balaban J connectivity index is 2.02. The lowest BCUT2D eigenvalue weighted by molar-refractivity contribution is -0.171. The van der Waals surface area contributed by atoms with Crippen LogP contribution in [0, 0.1) is 28.6 Å². The van der Waals surface area contributed by atoms with E-state index in [1.54, 1.807) is 13.8 Å². The van der Waals surface area contributed by atoms with Crippen LogP contribution in [0.4, 0.5) is 18.0 Å². The minimum Gasteiger partial charge on any atom is -0.453 e. The van der Waals surface area contributed by atoms with Gasteiger partial charge in [-0.15, -0.1) is 0 Å². The van der Waals surface area contributed by atoms with Gasteiger partial charge in [0.05, 0.1) is 19.1 Å². The highest BCUT2D eigenvalue weighted by molar-refractivity contribution is 5.92. The number of alkyl halides is 3. The largest absolute Gasteiger partial charge is 0.453 e. The molecule has 0 radical (unpaired) electrons. The van der Waals surface area contributed by atoms with E-state index in [0.29, 0.717) is 19.3 Å². The molecule has 4 N–H and O–H groups in total. The van der Waals surface area contributed by atoms with Crippen molar-refractivity contribution in [2.75, 3.05) is 13.7 Å². The van der Waals surface area contributed by atoms with Crippen LogP contribution >= 0.6 is 0 Å². The number of amides is 3. The van der Waals surface area contributed by atoms with Crippen LogP contribution in [-0.2, 0) is 14.3 Å². The first-order chi connectivity index (χ1) is 16.8.